The Morgan fingerprint density at radius 1 is 1.32 bits per heavy atom. The van der Waals surface area contributed by atoms with Crippen LogP contribution in [0.3, 0.4) is 0 Å². The maximum atomic E-state index is 4.63. The van der Waals surface area contributed by atoms with Gasteiger partial charge in [-0.3, -0.25) is 9.97 Å². The van der Waals surface area contributed by atoms with E-state index in [9.17, 15) is 0 Å². The summed E-state index contributed by atoms with van der Waals surface area (Å²) in [5.41, 5.74) is 5.53. The highest BCUT2D eigenvalue weighted by Gasteiger charge is 2.16. The molecule has 2 heterocycles. The fourth-order valence-corrected chi connectivity index (χ4v) is 2.86. The number of hydrogen-bond acceptors (Lipinski definition) is 4. The molecule has 0 saturated carbocycles. The van der Waals surface area contributed by atoms with Crippen LogP contribution in [-0.2, 0) is 6.42 Å². The van der Waals surface area contributed by atoms with Crippen molar-refractivity contribution in [2.24, 2.45) is 0 Å². The monoisotopic (exact) mass is 275 g/mol. The number of aromatic nitrogens is 2. The molecule has 4 heteroatoms. The lowest BCUT2D eigenvalue weighted by molar-refractivity contribution is 0.518. The van der Waals surface area contributed by atoms with E-state index in [0.717, 1.165) is 25.1 Å². The van der Waals surface area contributed by atoms with Crippen molar-refractivity contribution in [2.45, 2.75) is 39.7 Å². The SMILES string of the molecule is CCCNC(Cc1cncs1)c1ncc(C)cc1C. The molecule has 0 aromatic carbocycles. The van der Waals surface area contributed by atoms with Crippen LogP contribution in [0.15, 0.2) is 24.0 Å². The zero-order valence-corrected chi connectivity index (χ0v) is 12.6. The molecule has 3 nitrogen and oxygen atoms in total. The molecule has 2 rings (SSSR count). The predicted molar refractivity (Wildman–Crippen MR) is 80.6 cm³/mol. The van der Waals surface area contributed by atoms with Crippen LogP contribution in [-0.4, -0.2) is 16.5 Å². The number of hydrogen-bond donors (Lipinski definition) is 1. The van der Waals surface area contributed by atoms with Crippen molar-refractivity contribution in [3.8, 4) is 0 Å². The number of rotatable bonds is 6. The second-order valence-electron chi connectivity index (χ2n) is 4.89. The molecule has 1 N–H and O–H groups in total. The van der Waals surface area contributed by atoms with Gasteiger partial charge in [0.1, 0.15) is 0 Å². The molecule has 0 radical (unpaired) electrons. The topological polar surface area (TPSA) is 37.8 Å². The van der Waals surface area contributed by atoms with E-state index in [4.69, 9.17) is 0 Å². The van der Waals surface area contributed by atoms with Crippen LogP contribution in [0.4, 0.5) is 0 Å². The summed E-state index contributed by atoms with van der Waals surface area (Å²) in [4.78, 5) is 10.1. The molecule has 0 aliphatic carbocycles. The number of pyridine rings is 1. The highest BCUT2D eigenvalue weighted by molar-refractivity contribution is 7.09. The molecule has 0 aliphatic heterocycles. The molecule has 0 fully saturated rings. The first-order valence-corrected chi connectivity index (χ1v) is 7.62. The van der Waals surface area contributed by atoms with Gasteiger partial charge in [0, 0.05) is 23.7 Å². The van der Waals surface area contributed by atoms with Gasteiger partial charge in [-0.2, -0.15) is 0 Å². The van der Waals surface area contributed by atoms with E-state index < -0.39 is 0 Å². The molecule has 2 aromatic rings. The van der Waals surface area contributed by atoms with E-state index >= 15 is 0 Å². The second-order valence-corrected chi connectivity index (χ2v) is 5.86. The molecule has 102 valence electrons. The summed E-state index contributed by atoms with van der Waals surface area (Å²) in [6.45, 7) is 7.43. The first-order valence-electron chi connectivity index (χ1n) is 6.74. The van der Waals surface area contributed by atoms with E-state index in [0.29, 0.717) is 0 Å². The van der Waals surface area contributed by atoms with E-state index in [1.807, 2.05) is 17.9 Å². The molecule has 0 saturated heterocycles. The van der Waals surface area contributed by atoms with Gasteiger partial charge in [0.25, 0.3) is 0 Å². The third-order valence-corrected chi connectivity index (χ3v) is 3.92. The van der Waals surface area contributed by atoms with Crippen molar-refractivity contribution >= 4 is 11.3 Å². The second kappa shape index (κ2) is 6.78. The van der Waals surface area contributed by atoms with E-state index in [2.05, 4.69) is 42.1 Å². The first kappa shape index (κ1) is 14.2. The summed E-state index contributed by atoms with van der Waals surface area (Å²) in [5.74, 6) is 0. The van der Waals surface area contributed by atoms with Gasteiger partial charge in [0.2, 0.25) is 0 Å². The Bertz CT molecular complexity index is 508. The van der Waals surface area contributed by atoms with Crippen LogP contribution < -0.4 is 5.32 Å². The lowest BCUT2D eigenvalue weighted by Gasteiger charge is -2.19. The Hall–Kier alpha value is -1.26. The summed E-state index contributed by atoms with van der Waals surface area (Å²) in [7, 11) is 0. The highest BCUT2D eigenvalue weighted by atomic mass is 32.1. The van der Waals surface area contributed by atoms with Crippen molar-refractivity contribution in [2.75, 3.05) is 6.54 Å². The van der Waals surface area contributed by atoms with Gasteiger partial charge < -0.3 is 5.32 Å². The smallest absolute Gasteiger partial charge is 0.0794 e. The summed E-state index contributed by atoms with van der Waals surface area (Å²) in [6, 6.07) is 2.48. The minimum Gasteiger partial charge on any atom is -0.308 e. The summed E-state index contributed by atoms with van der Waals surface area (Å²) in [5, 5.41) is 3.60. The van der Waals surface area contributed by atoms with Crippen molar-refractivity contribution < 1.29 is 0 Å². The van der Waals surface area contributed by atoms with Gasteiger partial charge in [0.15, 0.2) is 0 Å². The van der Waals surface area contributed by atoms with Gasteiger partial charge in [0.05, 0.1) is 17.2 Å². The maximum Gasteiger partial charge on any atom is 0.0794 e. The van der Waals surface area contributed by atoms with Gasteiger partial charge in [-0.05, 0) is 37.9 Å². The Balaban J connectivity index is 2.20. The normalized spacial score (nSPS) is 12.6. The van der Waals surface area contributed by atoms with Crippen LogP contribution in [0.5, 0.6) is 0 Å². The molecule has 19 heavy (non-hydrogen) atoms. The third kappa shape index (κ3) is 3.85. The lowest BCUT2D eigenvalue weighted by atomic mass is 10.0. The third-order valence-electron chi connectivity index (χ3n) is 3.12. The average Bonchev–Trinajstić information content (AvgIpc) is 2.88. The Labute approximate surface area is 119 Å². The van der Waals surface area contributed by atoms with Crippen LogP contribution in [0.1, 0.15) is 41.1 Å². The molecule has 2 aromatic heterocycles. The Kier molecular flexibility index (Phi) is 5.05. The summed E-state index contributed by atoms with van der Waals surface area (Å²) in [6.07, 6.45) is 6.00. The fraction of sp³-hybridized carbons (Fsp3) is 0.467. The van der Waals surface area contributed by atoms with Gasteiger partial charge >= 0.3 is 0 Å². The minimum absolute atomic E-state index is 0.279. The van der Waals surface area contributed by atoms with E-state index in [1.165, 1.54) is 16.0 Å². The molecule has 0 bridgehead atoms. The quantitative estimate of drug-likeness (QED) is 0.877. The van der Waals surface area contributed by atoms with Gasteiger partial charge in [-0.15, -0.1) is 11.3 Å². The Morgan fingerprint density at radius 3 is 2.79 bits per heavy atom. The number of nitrogens with zero attached hydrogens (tertiary/aromatic N) is 2. The zero-order chi connectivity index (χ0) is 13.7. The summed E-state index contributed by atoms with van der Waals surface area (Å²) < 4.78 is 0. The maximum absolute atomic E-state index is 4.63. The van der Waals surface area contributed by atoms with Crippen molar-refractivity contribution in [3.05, 3.63) is 45.7 Å². The minimum atomic E-state index is 0.279. The van der Waals surface area contributed by atoms with Crippen LogP contribution in [0.25, 0.3) is 0 Å². The number of nitrogens with one attached hydrogen (secondary N) is 1. The fourth-order valence-electron chi connectivity index (χ4n) is 2.22. The van der Waals surface area contributed by atoms with Crippen LogP contribution in [0, 0.1) is 13.8 Å². The molecule has 0 amide bonds. The van der Waals surface area contributed by atoms with E-state index in [1.54, 1.807) is 11.3 Å². The number of thiazole rings is 1. The Morgan fingerprint density at radius 2 is 2.16 bits per heavy atom. The van der Waals surface area contributed by atoms with Crippen LogP contribution in [0.2, 0.25) is 0 Å². The molecule has 0 aliphatic rings. The predicted octanol–water partition coefficient (Wildman–Crippen LogP) is 3.44. The highest BCUT2D eigenvalue weighted by Crippen LogP contribution is 2.22. The van der Waals surface area contributed by atoms with Gasteiger partial charge in [-0.1, -0.05) is 13.0 Å². The van der Waals surface area contributed by atoms with Crippen LogP contribution >= 0.6 is 11.3 Å². The van der Waals surface area contributed by atoms with Crippen molar-refractivity contribution in [1.82, 2.24) is 15.3 Å². The molecule has 0 spiro atoms. The molecular weight excluding hydrogens is 254 g/mol. The van der Waals surface area contributed by atoms with Crippen molar-refractivity contribution in [3.63, 3.8) is 0 Å². The molecular formula is C15H21N3S. The summed E-state index contributed by atoms with van der Waals surface area (Å²) >= 11 is 1.71. The molecule has 1 atom stereocenters. The van der Waals surface area contributed by atoms with Crippen molar-refractivity contribution in [1.29, 1.82) is 0 Å². The molecule has 1 unspecified atom stereocenters. The number of aryl methyl sites for hydroxylation is 2. The zero-order valence-electron chi connectivity index (χ0n) is 11.8. The first-order chi connectivity index (χ1) is 9.20. The lowest BCUT2D eigenvalue weighted by Crippen LogP contribution is -2.25. The van der Waals surface area contributed by atoms with Gasteiger partial charge in [-0.25, -0.2) is 0 Å². The standard InChI is InChI=1S/C15H21N3S/c1-4-5-17-14(7-13-9-16-10-19-13)15-12(3)6-11(2)8-18-15/h6,8-10,14,17H,4-5,7H2,1-3H3. The largest absolute Gasteiger partial charge is 0.308 e. The average molecular weight is 275 g/mol. The van der Waals surface area contributed by atoms with E-state index in [-0.39, 0.29) is 6.04 Å².